The second-order valence-electron chi connectivity index (χ2n) is 5.12. The Bertz CT molecular complexity index is 439. The molecule has 0 aliphatic heterocycles. The minimum atomic E-state index is 0.214. The predicted molar refractivity (Wildman–Crippen MR) is 77.4 cm³/mol. The summed E-state index contributed by atoms with van der Waals surface area (Å²) in [5.74, 6) is 0.782. The number of thiophene rings is 1. The molecule has 0 spiro atoms. The van der Waals surface area contributed by atoms with Gasteiger partial charge in [0.05, 0.1) is 0 Å². The fraction of sp³-hybridized carbons (Fsp3) is 0.467. The zero-order valence-corrected chi connectivity index (χ0v) is 11.5. The Balaban J connectivity index is 2.01. The SMILES string of the molecule is CC(C)CCCC(N)c1cc2ccccc2s1. The molecule has 0 saturated heterocycles. The summed E-state index contributed by atoms with van der Waals surface area (Å²) in [4.78, 5) is 1.33. The maximum absolute atomic E-state index is 6.26. The van der Waals surface area contributed by atoms with Crippen molar-refractivity contribution in [1.82, 2.24) is 0 Å². The molecular formula is C15H21NS. The zero-order chi connectivity index (χ0) is 12.3. The van der Waals surface area contributed by atoms with Crippen LogP contribution in [-0.2, 0) is 0 Å². The quantitative estimate of drug-likeness (QED) is 0.812. The van der Waals surface area contributed by atoms with Gasteiger partial charge in [0, 0.05) is 15.6 Å². The van der Waals surface area contributed by atoms with Crippen LogP contribution in [0, 0.1) is 5.92 Å². The summed E-state index contributed by atoms with van der Waals surface area (Å²) in [5.41, 5.74) is 6.26. The molecule has 1 nitrogen and oxygen atoms in total. The highest BCUT2D eigenvalue weighted by Crippen LogP contribution is 2.30. The van der Waals surface area contributed by atoms with E-state index in [9.17, 15) is 0 Å². The topological polar surface area (TPSA) is 26.0 Å². The first-order valence-corrected chi connectivity index (χ1v) is 7.22. The number of nitrogens with two attached hydrogens (primary N) is 1. The fourth-order valence-corrected chi connectivity index (χ4v) is 3.17. The minimum Gasteiger partial charge on any atom is -0.323 e. The molecule has 0 aliphatic rings. The van der Waals surface area contributed by atoms with Crippen molar-refractivity contribution in [3.8, 4) is 0 Å². The summed E-state index contributed by atoms with van der Waals surface area (Å²) in [6, 6.07) is 11.0. The molecular weight excluding hydrogens is 226 g/mol. The Labute approximate surface area is 108 Å². The van der Waals surface area contributed by atoms with Crippen molar-refractivity contribution in [3.05, 3.63) is 35.2 Å². The van der Waals surface area contributed by atoms with Crippen LogP contribution in [0.3, 0.4) is 0 Å². The van der Waals surface area contributed by atoms with Gasteiger partial charge in [-0.05, 0) is 29.9 Å². The number of hydrogen-bond acceptors (Lipinski definition) is 2. The van der Waals surface area contributed by atoms with Crippen molar-refractivity contribution in [3.63, 3.8) is 0 Å². The molecule has 2 N–H and O–H groups in total. The molecule has 0 saturated carbocycles. The van der Waals surface area contributed by atoms with E-state index in [1.807, 2.05) is 11.3 Å². The van der Waals surface area contributed by atoms with Crippen LogP contribution < -0.4 is 5.73 Å². The van der Waals surface area contributed by atoms with Gasteiger partial charge in [-0.3, -0.25) is 0 Å². The number of fused-ring (bicyclic) bond motifs is 1. The van der Waals surface area contributed by atoms with E-state index >= 15 is 0 Å². The average Bonchev–Trinajstić information content (AvgIpc) is 2.71. The highest BCUT2D eigenvalue weighted by molar-refractivity contribution is 7.19. The standard InChI is InChI=1S/C15H21NS/c1-11(2)6-5-8-13(16)15-10-12-7-3-4-9-14(12)17-15/h3-4,7,9-11,13H,5-6,8,16H2,1-2H3. The Hall–Kier alpha value is -0.860. The van der Waals surface area contributed by atoms with Gasteiger partial charge >= 0.3 is 0 Å². The van der Waals surface area contributed by atoms with E-state index in [0.29, 0.717) is 0 Å². The van der Waals surface area contributed by atoms with E-state index in [-0.39, 0.29) is 6.04 Å². The second-order valence-corrected chi connectivity index (χ2v) is 6.23. The number of hydrogen-bond donors (Lipinski definition) is 1. The first-order chi connectivity index (χ1) is 8.16. The van der Waals surface area contributed by atoms with Crippen LogP contribution in [0.2, 0.25) is 0 Å². The molecule has 1 aromatic heterocycles. The monoisotopic (exact) mass is 247 g/mol. The van der Waals surface area contributed by atoms with E-state index < -0.39 is 0 Å². The van der Waals surface area contributed by atoms with Crippen LogP contribution in [0.1, 0.15) is 44.0 Å². The van der Waals surface area contributed by atoms with E-state index in [1.54, 1.807) is 0 Å². The third-order valence-corrected chi connectivity index (χ3v) is 4.35. The molecule has 92 valence electrons. The zero-order valence-electron chi connectivity index (χ0n) is 10.6. The van der Waals surface area contributed by atoms with Crippen LogP contribution in [0.4, 0.5) is 0 Å². The third-order valence-electron chi connectivity index (χ3n) is 3.11. The van der Waals surface area contributed by atoms with Crippen LogP contribution in [-0.4, -0.2) is 0 Å². The molecule has 2 heteroatoms. The van der Waals surface area contributed by atoms with Crippen molar-refractivity contribution >= 4 is 21.4 Å². The first kappa shape index (κ1) is 12.6. The maximum atomic E-state index is 6.26. The van der Waals surface area contributed by atoms with Crippen molar-refractivity contribution in [2.24, 2.45) is 11.7 Å². The van der Waals surface area contributed by atoms with Gasteiger partial charge < -0.3 is 5.73 Å². The van der Waals surface area contributed by atoms with Gasteiger partial charge in [0.15, 0.2) is 0 Å². The summed E-state index contributed by atoms with van der Waals surface area (Å²) < 4.78 is 1.35. The molecule has 1 unspecified atom stereocenters. The molecule has 0 radical (unpaired) electrons. The number of rotatable bonds is 5. The van der Waals surface area contributed by atoms with Crippen molar-refractivity contribution in [2.45, 2.75) is 39.2 Å². The molecule has 0 bridgehead atoms. The van der Waals surface area contributed by atoms with Crippen LogP contribution >= 0.6 is 11.3 Å². The molecule has 1 heterocycles. The van der Waals surface area contributed by atoms with Gasteiger partial charge in [0.2, 0.25) is 0 Å². The summed E-state index contributed by atoms with van der Waals surface area (Å²) in [7, 11) is 0. The largest absolute Gasteiger partial charge is 0.323 e. The first-order valence-electron chi connectivity index (χ1n) is 6.41. The molecule has 17 heavy (non-hydrogen) atoms. The van der Waals surface area contributed by atoms with E-state index in [4.69, 9.17) is 5.73 Å². The predicted octanol–water partition coefficient (Wildman–Crippen LogP) is 4.73. The second kappa shape index (κ2) is 5.65. The maximum Gasteiger partial charge on any atom is 0.0390 e. The van der Waals surface area contributed by atoms with E-state index in [2.05, 4.69) is 44.2 Å². The fourth-order valence-electron chi connectivity index (χ4n) is 2.07. The normalized spacial score (nSPS) is 13.4. The van der Waals surface area contributed by atoms with Gasteiger partial charge in [-0.15, -0.1) is 11.3 Å². The van der Waals surface area contributed by atoms with Gasteiger partial charge in [-0.25, -0.2) is 0 Å². The lowest BCUT2D eigenvalue weighted by Gasteiger charge is -2.10. The van der Waals surface area contributed by atoms with E-state index in [1.165, 1.54) is 27.8 Å². The molecule has 2 aromatic rings. The molecule has 1 aromatic carbocycles. The van der Waals surface area contributed by atoms with Crippen LogP contribution in [0.5, 0.6) is 0 Å². The minimum absolute atomic E-state index is 0.214. The van der Waals surface area contributed by atoms with Gasteiger partial charge in [0.1, 0.15) is 0 Å². The molecule has 0 aliphatic carbocycles. The molecule has 1 atom stereocenters. The molecule has 0 amide bonds. The van der Waals surface area contributed by atoms with Gasteiger partial charge in [-0.2, -0.15) is 0 Å². The number of benzene rings is 1. The smallest absolute Gasteiger partial charge is 0.0390 e. The summed E-state index contributed by atoms with van der Waals surface area (Å²) in [6.07, 6.45) is 3.61. The lowest BCUT2D eigenvalue weighted by Crippen LogP contribution is -2.08. The lowest BCUT2D eigenvalue weighted by atomic mass is 10.0. The van der Waals surface area contributed by atoms with Crippen molar-refractivity contribution in [2.75, 3.05) is 0 Å². The molecule has 0 fully saturated rings. The van der Waals surface area contributed by atoms with Crippen molar-refractivity contribution in [1.29, 1.82) is 0 Å². The molecule has 2 rings (SSSR count). The third kappa shape index (κ3) is 3.30. The van der Waals surface area contributed by atoms with E-state index in [0.717, 1.165) is 12.3 Å². The Kier molecular flexibility index (Phi) is 4.19. The highest BCUT2D eigenvalue weighted by Gasteiger charge is 2.09. The van der Waals surface area contributed by atoms with Gasteiger partial charge in [0.25, 0.3) is 0 Å². The van der Waals surface area contributed by atoms with Crippen molar-refractivity contribution < 1.29 is 0 Å². The highest BCUT2D eigenvalue weighted by atomic mass is 32.1. The van der Waals surface area contributed by atoms with Crippen LogP contribution in [0.25, 0.3) is 10.1 Å². The Morgan fingerprint density at radius 3 is 2.65 bits per heavy atom. The lowest BCUT2D eigenvalue weighted by molar-refractivity contribution is 0.508. The summed E-state index contributed by atoms with van der Waals surface area (Å²) in [5, 5.41) is 1.33. The Morgan fingerprint density at radius 1 is 1.18 bits per heavy atom. The summed E-state index contributed by atoms with van der Waals surface area (Å²) in [6.45, 7) is 4.54. The van der Waals surface area contributed by atoms with Gasteiger partial charge in [-0.1, -0.05) is 44.9 Å². The van der Waals surface area contributed by atoms with Crippen LogP contribution in [0.15, 0.2) is 30.3 Å². The summed E-state index contributed by atoms with van der Waals surface area (Å²) >= 11 is 1.84. The Morgan fingerprint density at radius 2 is 1.94 bits per heavy atom. The average molecular weight is 247 g/mol.